The van der Waals surface area contributed by atoms with Crippen molar-refractivity contribution in [3.63, 3.8) is 0 Å². The van der Waals surface area contributed by atoms with Gasteiger partial charge in [-0.2, -0.15) is 0 Å². The van der Waals surface area contributed by atoms with E-state index in [0.29, 0.717) is 0 Å². The maximum atomic E-state index is 14.7. The van der Waals surface area contributed by atoms with Gasteiger partial charge in [-0.3, -0.25) is 4.79 Å². The molecule has 1 amide bonds. The van der Waals surface area contributed by atoms with E-state index in [1.54, 1.807) is 0 Å². The van der Waals surface area contributed by atoms with Gasteiger partial charge in [-0.15, -0.1) is 12.4 Å². The van der Waals surface area contributed by atoms with Crippen molar-refractivity contribution in [3.05, 3.63) is 52.8 Å². The Kier molecular flexibility index (Phi) is 6.49. The van der Waals surface area contributed by atoms with Gasteiger partial charge in [0.25, 0.3) is 0 Å². The lowest BCUT2D eigenvalue weighted by atomic mass is 10.0. The molecule has 3 rings (SSSR count). The van der Waals surface area contributed by atoms with E-state index < -0.39 is 35.6 Å². The topological polar surface area (TPSA) is 41.1 Å². The number of alkyl halides is 1. The Bertz CT molecular complexity index is 835. The zero-order valence-electron chi connectivity index (χ0n) is 13.2. The molecule has 140 valence electrons. The number of benzene rings is 2. The SMILES string of the molecule is Cl.O=C(Nc1cccc(-c2cc(F)c(F)cc2Cl)c1F)[C@@H]1C[C@@H](F)CN1. The van der Waals surface area contributed by atoms with Crippen LogP contribution in [0.1, 0.15) is 6.42 Å². The minimum absolute atomic E-state index is 0. The summed E-state index contributed by atoms with van der Waals surface area (Å²) in [6.07, 6.45) is -1.13. The van der Waals surface area contributed by atoms with Crippen LogP contribution < -0.4 is 10.6 Å². The lowest BCUT2D eigenvalue weighted by Gasteiger charge is -2.14. The number of rotatable bonds is 3. The third-order valence-electron chi connectivity index (χ3n) is 3.95. The summed E-state index contributed by atoms with van der Waals surface area (Å²) in [6.45, 7) is 0.0606. The van der Waals surface area contributed by atoms with Crippen molar-refractivity contribution in [1.82, 2.24) is 5.32 Å². The lowest BCUT2D eigenvalue weighted by molar-refractivity contribution is -0.117. The average Bonchev–Trinajstić information content (AvgIpc) is 3.00. The summed E-state index contributed by atoms with van der Waals surface area (Å²) < 4.78 is 54.5. The number of hydrogen-bond acceptors (Lipinski definition) is 2. The summed E-state index contributed by atoms with van der Waals surface area (Å²) in [5.41, 5.74) is -0.297. The first kappa shape index (κ1) is 20.5. The van der Waals surface area contributed by atoms with Crippen LogP contribution in [0.15, 0.2) is 30.3 Å². The van der Waals surface area contributed by atoms with Crippen LogP contribution in [-0.4, -0.2) is 24.7 Å². The molecule has 26 heavy (non-hydrogen) atoms. The first-order valence-electron chi connectivity index (χ1n) is 7.48. The minimum atomic E-state index is -1.17. The van der Waals surface area contributed by atoms with E-state index in [1.807, 2.05) is 0 Å². The largest absolute Gasteiger partial charge is 0.322 e. The van der Waals surface area contributed by atoms with Crippen molar-refractivity contribution in [1.29, 1.82) is 0 Å². The highest BCUT2D eigenvalue weighted by atomic mass is 35.5. The summed E-state index contributed by atoms with van der Waals surface area (Å²) >= 11 is 5.87. The molecule has 0 unspecified atom stereocenters. The Labute approximate surface area is 158 Å². The summed E-state index contributed by atoms with van der Waals surface area (Å²) in [4.78, 5) is 12.1. The Morgan fingerprint density at radius 2 is 1.85 bits per heavy atom. The van der Waals surface area contributed by atoms with Gasteiger partial charge in [-0.1, -0.05) is 23.7 Å². The highest BCUT2D eigenvalue weighted by Gasteiger charge is 2.29. The summed E-state index contributed by atoms with van der Waals surface area (Å²) in [5.74, 6) is -3.74. The molecule has 0 aliphatic carbocycles. The Balaban J connectivity index is 0.00000243. The first-order valence-corrected chi connectivity index (χ1v) is 7.86. The third kappa shape index (κ3) is 4.11. The minimum Gasteiger partial charge on any atom is -0.322 e. The van der Waals surface area contributed by atoms with Gasteiger partial charge in [-0.25, -0.2) is 17.6 Å². The fraction of sp³-hybridized carbons (Fsp3) is 0.235. The van der Waals surface area contributed by atoms with Gasteiger partial charge >= 0.3 is 0 Å². The zero-order chi connectivity index (χ0) is 18.1. The molecule has 1 saturated heterocycles. The molecule has 1 aliphatic heterocycles. The summed E-state index contributed by atoms with van der Waals surface area (Å²) in [6, 6.07) is 4.85. The zero-order valence-corrected chi connectivity index (χ0v) is 14.7. The van der Waals surface area contributed by atoms with Crippen LogP contribution in [0, 0.1) is 17.5 Å². The second kappa shape index (κ2) is 8.24. The predicted octanol–water partition coefficient (Wildman–Crippen LogP) is 4.48. The summed E-state index contributed by atoms with van der Waals surface area (Å²) in [7, 11) is 0. The van der Waals surface area contributed by atoms with Gasteiger partial charge in [0.2, 0.25) is 5.91 Å². The second-order valence-corrected chi connectivity index (χ2v) is 6.10. The molecular weight excluding hydrogens is 395 g/mol. The van der Waals surface area contributed by atoms with Crippen LogP contribution >= 0.6 is 24.0 Å². The third-order valence-corrected chi connectivity index (χ3v) is 4.26. The molecule has 1 fully saturated rings. The van der Waals surface area contributed by atoms with Gasteiger partial charge in [0.05, 0.1) is 16.8 Å². The van der Waals surface area contributed by atoms with Crippen LogP contribution in [0.3, 0.4) is 0 Å². The Morgan fingerprint density at radius 1 is 1.15 bits per heavy atom. The van der Waals surface area contributed by atoms with Crippen LogP contribution in [0.4, 0.5) is 23.2 Å². The average molecular weight is 409 g/mol. The second-order valence-electron chi connectivity index (χ2n) is 5.70. The molecule has 2 atom stereocenters. The fourth-order valence-corrected chi connectivity index (χ4v) is 2.93. The number of anilines is 1. The highest BCUT2D eigenvalue weighted by molar-refractivity contribution is 6.33. The van der Waals surface area contributed by atoms with Gasteiger partial charge < -0.3 is 10.6 Å². The van der Waals surface area contributed by atoms with Gasteiger partial charge in [-0.05, 0) is 18.2 Å². The van der Waals surface area contributed by atoms with Crippen molar-refractivity contribution in [2.24, 2.45) is 0 Å². The van der Waals surface area contributed by atoms with Crippen molar-refractivity contribution < 1.29 is 22.4 Å². The van der Waals surface area contributed by atoms with E-state index in [1.165, 1.54) is 18.2 Å². The molecule has 3 nitrogen and oxygen atoms in total. The predicted molar refractivity (Wildman–Crippen MR) is 93.9 cm³/mol. The monoisotopic (exact) mass is 408 g/mol. The maximum Gasteiger partial charge on any atom is 0.241 e. The fourth-order valence-electron chi connectivity index (χ4n) is 2.68. The maximum absolute atomic E-state index is 14.7. The molecule has 1 heterocycles. The molecular formula is C17H14Cl2F4N2O. The first-order chi connectivity index (χ1) is 11.9. The number of amides is 1. The normalized spacial score (nSPS) is 19.1. The summed E-state index contributed by atoms with van der Waals surface area (Å²) in [5, 5.41) is 4.90. The number of nitrogens with one attached hydrogen (secondary N) is 2. The molecule has 2 aromatic carbocycles. The molecule has 0 bridgehead atoms. The van der Waals surface area contributed by atoms with Crippen molar-refractivity contribution >= 4 is 35.6 Å². The van der Waals surface area contributed by atoms with E-state index >= 15 is 0 Å². The quantitative estimate of drug-likeness (QED) is 0.580. The molecule has 9 heteroatoms. The molecule has 2 N–H and O–H groups in total. The van der Waals surface area contributed by atoms with E-state index in [4.69, 9.17) is 11.6 Å². The molecule has 0 aromatic heterocycles. The van der Waals surface area contributed by atoms with Crippen LogP contribution in [0.2, 0.25) is 5.02 Å². The number of hydrogen-bond donors (Lipinski definition) is 2. The molecule has 0 radical (unpaired) electrons. The number of carbonyl (C=O) groups is 1. The van der Waals surface area contributed by atoms with Crippen molar-refractivity contribution in [2.75, 3.05) is 11.9 Å². The highest BCUT2D eigenvalue weighted by Crippen LogP contribution is 2.34. The van der Waals surface area contributed by atoms with Crippen LogP contribution in [0.5, 0.6) is 0 Å². The standard InChI is InChI=1S/C17H13ClF4N2O.ClH/c18-11-6-13(21)12(20)5-10(11)9-2-1-3-14(16(9)22)24-17(25)15-4-8(19)7-23-15;/h1-3,5-6,8,15,23H,4,7H2,(H,24,25);1H/t8-,15+;/m1./s1. The Hall–Kier alpha value is -1.83. The van der Waals surface area contributed by atoms with E-state index in [0.717, 1.165) is 12.1 Å². The van der Waals surface area contributed by atoms with Crippen LogP contribution in [0.25, 0.3) is 11.1 Å². The van der Waals surface area contributed by atoms with Crippen molar-refractivity contribution in [3.8, 4) is 11.1 Å². The van der Waals surface area contributed by atoms with E-state index in [9.17, 15) is 22.4 Å². The lowest BCUT2D eigenvalue weighted by Crippen LogP contribution is -2.35. The van der Waals surface area contributed by atoms with Crippen molar-refractivity contribution in [2.45, 2.75) is 18.6 Å². The van der Waals surface area contributed by atoms with Gasteiger partial charge in [0, 0.05) is 24.1 Å². The van der Waals surface area contributed by atoms with Crippen LogP contribution in [-0.2, 0) is 4.79 Å². The molecule has 0 spiro atoms. The number of carbonyl (C=O) groups excluding carboxylic acids is 1. The smallest absolute Gasteiger partial charge is 0.241 e. The van der Waals surface area contributed by atoms with E-state index in [2.05, 4.69) is 10.6 Å². The van der Waals surface area contributed by atoms with Gasteiger partial charge in [0.1, 0.15) is 6.17 Å². The van der Waals surface area contributed by atoms with E-state index in [-0.39, 0.29) is 47.2 Å². The molecule has 0 saturated carbocycles. The van der Waals surface area contributed by atoms with Gasteiger partial charge in [0.15, 0.2) is 17.5 Å². The Morgan fingerprint density at radius 3 is 2.50 bits per heavy atom. The molecule has 1 aliphatic rings. The molecule has 2 aromatic rings. The number of halogens is 6.